The Hall–Kier alpha value is -2.47. The lowest BCUT2D eigenvalue weighted by molar-refractivity contribution is 0.413. The molecule has 0 atom stereocenters. The van der Waals surface area contributed by atoms with Gasteiger partial charge in [-0.2, -0.15) is 0 Å². The van der Waals surface area contributed by atoms with E-state index in [-0.39, 0.29) is 11.6 Å². The van der Waals surface area contributed by atoms with Crippen molar-refractivity contribution in [1.82, 2.24) is 14.5 Å². The number of hydrogen-bond donors (Lipinski definition) is 4. The molecule has 0 fully saturated rings. The highest BCUT2D eigenvalue weighted by molar-refractivity contribution is 5.83. The molecule has 0 saturated heterocycles. The molecule has 0 spiro atoms. The molecule has 0 amide bonds. The molecule has 5 N–H and O–H groups in total. The largest absolute Gasteiger partial charge is 0.493 e. The van der Waals surface area contributed by atoms with Gasteiger partial charge < -0.3 is 20.8 Å². The van der Waals surface area contributed by atoms with Crippen LogP contribution in [-0.2, 0) is 19.4 Å². The standard InChI is InChI=1S/C15H18N4O2/c16-5-3-11-8-17-13-2-1-10(7-12(11)13)4-6-19-14(20)9-18-15(19)21/h1-2,7-9,17,20H,3-6,16H2,(H,18,21). The molecular weight excluding hydrogens is 268 g/mol. The molecule has 0 bridgehead atoms. The Balaban J connectivity index is 1.84. The molecule has 0 aliphatic carbocycles. The number of hydrogen-bond acceptors (Lipinski definition) is 3. The number of aromatic hydroxyl groups is 1. The zero-order valence-electron chi connectivity index (χ0n) is 11.6. The Morgan fingerprint density at radius 1 is 1.19 bits per heavy atom. The van der Waals surface area contributed by atoms with Crippen LogP contribution in [0.15, 0.2) is 35.4 Å². The summed E-state index contributed by atoms with van der Waals surface area (Å²) < 4.78 is 1.32. The van der Waals surface area contributed by atoms with Crippen LogP contribution in [0.3, 0.4) is 0 Å². The quantitative estimate of drug-likeness (QED) is 0.565. The van der Waals surface area contributed by atoms with Crippen LogP contribution in [0.1, 0.15) is 11.1 Å². The highest BCUT2D eigenvalue weighted by atomic mass is 16.3. The van der Waals surface area contributed by atoms with Crippen LogP contribution in [-0.4, -0.2) is 26.2 Å². The summed E-state index contributed by atoms with van der Waals surface area (Å²) in [6, 6.07) is 6.18. The molecule has 110 valence electrons. The Bertz CT molecular complexity index is 813. The third-order valence-corrected chi connectivity index (χ3v) is 3.72. The van der Waals surface area contributed by atoms with Crippen LogP contribution < -0.4 is 11.4 Å². The lowest BCUT2D eigenvalue weighted by atomic mass is 10.1. The first-order chi connectivity index (χ1) is 10.2. The number of fused-ring (bicyclic) bond motifs is 1. The van der Waals surface area contributed by atoms with E-state index in [1.165, 1.54) is 21.7 Å². The first kappa shape index (κ1) is 13.5. The summed E-state index contributed by atoms with van der Waals surface area (Å²) in [6.07, 6.45) is 4.80. The number of aryl methyl sites for hydroxylation is 1. The van der Waals surface area contributed by atoms with Crippen molar-refractivity contribution >= 4 is 10.9 Å². The number of benzene rings is 1. The fraction of sp³-hybridized carbons (Fsp3) is 0.267. The minimum atomic E-state index is -0.293. The van der Waals surface area contributed by atoms with E-state index in [9.17, 15) is 9.90 Å². The highest BCUT2D eigenvalue weighted by Crippen LogP contribution is 2.21. The Labute approximate surface area is 121 Å². The topological polar surface area (TPSA) is 99.8 Å². The van der Waals surface area contributed by atoms with Crippen LogP contribution in [0, 0.1) is 0 Å². The maximum atomic E-state index is 11.5. The zero-order valence-corrected chi connectivity index (χ0v) is 11.6. The zero-order chi connectivity index (χ0) is 14.8. The lowest BCUT2D eigenvalue weighted by Crippen LogP contribution is -2.17. The molecule has 0 radical (unpaired) electrons. The fourth-order valence-electron chi connectivity index (χ4n) is 2.59. The van der Waals surface area contributed by atoms with E-state index < -0.39 is 0 Å². The highest BCUT2D eigenvalue weighted by Gasteiger charge is 2.07. The van der Waals surface area contributed by atoms with Crippen molar-refractivity contribution in [2.75, 3.05) is 6.54 Å². The number of nitrogens with two attached hydrogens (primary N) is 1. The van der Waals surface area contributed by atoms with Gasteiger partial charge >= 0.3 is 5.69 Å². The summed E-state index contributed by atoms with van der Waals surface area (Å²) in [5.41, 5.74) is 8.74. The molecule has 6 nitrogen and oxygen atoms in total. The number of imidazole rings is 1. The van der Waals surface area contributed by atoms with Crippen molar-refractivity contribution < 1.29 is 5.11 Å². The van der Waals surface area contributed by atoms with Gasteiger partial charge in [-0.1, -0.05) is 6.07 Å². The van der Waals surface area contributed by atoms with Crippen molar-refractivity contribution in [1.29, 1.82) is 0 Å². The summed E-state index contributed by atoms with van der Waals surface area (Å²) in [6.45, 7) is 1.06. The molecule has 3 aromatic rings. The molecule has 2 aromatic heterocycles. The average molecular weight is 286 g/mol. The molecule has 2 heterocycles. The minimum absolute atomic E-state index is 0.0356. The van der Waals surface area contributed by atoms with Crippen molar-refractivity contribution in [3.63, 3.8) is 0 Å². The number of aromatic nitrogens is 3. The molecular formula is C15H18N4O2. The molecule has 1 aromatic carbocycles. The average Bonchev–Trinajstić information content (AvgIpc) is 3.02. The van der Waals surface area contributed by atoms with Gasteiger partial charge in [0, 0.05) is 23.6 Å². The Kier molecular flexibility index (Phi) is 3.53. The van der Waals surface area contributed by atoms with Crippen molar-refractivity contribution in [2.45, 2.75) is 19.4 Å². The van der Waals surface area contributed by atoms with E-state index in [1.54, 1.807) is 0 Å². The van der Waals surface area contributed by atoms with Gasteiger partial charge in [0.15, 0.2) is 0 Å². The minimum Gasteiger partial charge on any atom is -0.493 e. The van der Waals surface area contributed by atoms with E-state index >= 15 is 0 Å². The number of H-pyrrole nitrogens is 2. The molecule has 0 aliphatic rings. The van der Waals surface area contributed by atoms with Crippen LogP contribution in [0.4, 0.5) is 0 Å². The maximum absolute atomic E-state index is 11.5. The summed E-state index contributed by atoms with van der Waals surface area (Å²) in [4.78, 5) is 17.2. The van der Waals surface area contributed by atoms with E-state index in [0.29, 0.717) is 19.5 Å². The number of nitrogens with zero attached hydrogens (tertiary/aromatic N) is 1. The molecule has 3 rings (SSSR count). The summed E-state index contributed by atoms with van der Waals surface area (Å²) >= 11 is 0. The van der Waals surface area contributed by atoms with Gasteiger partial charge in [0.05, 0.1) is 6.20 Å². The van der Waals surface area contributed by atoms with Crippen molar-refractivity contribution in [2.24, 2.45) is 5.73 Å². The molecule has 6 heteroatoms. The fourth-order valence-corrected chi connectivity index (χ4v) is 2.59. The second-order valence-corrected chi connectivity index (χ2v) is 5.09. The number of nitrogens with one attached hydrogen (secondary N) is 2. The van der Waals surface area contributed by atoms with Gasteiger partial charge in [0.1, 0.15) is 0 Å². The van der Waals surface area contributed by atoms with E-state index in [2.05, 4.69) is 16.0 Å². The van der Waals surface area contributed by atoms with Gasteiger partial charge in [-0.25, -0.2) is 4.79 Å². The van der Waals surface area contributed by atoms with Crippen molar-refractivity contribution in [3.05, 3.63) is 52.2 Å². The summed E-state index contributed by atoms with van der Waals surface area (Å²) in [7, 11) is 0. The van der Waals surface area contributed by atoms with E-state index in [1.807, 2.05) is 18.3 Å². The van der Waals surface area contributed by atoms with Gasteiger partial charge in [-0.15, -0.1) is 0 Å². The number of aromatic amines is 2. The van der Waals surface area contributed by atoms with Crippen molar-refractivity contribution in [3.8, 4) is 5.88 Å². The van der Waals surface area contributed by atoms with Gasteiger partial charge in [-0.05, 0) is 42.6 Å². The second kappa shape index (κ2) is 5.49. The van der Waals surface area contributed by atoms with Gasteiger partial charge in [0.25, 0.3) is 0 Å². The molecule has 0 saturated carbocycles. The Morgan fingerprint density at radius 2 is 2.05 bits per heavy atom. The van der Waals surface area contributed by atoms with Crippen LogP contribution >= 0.6 is 0 Å². The van der Waals surface area contributed by atoms with Gasteiger partial charge in [-0.3, -0.25) is 4.57 Å². The van der Waals surface area contributed by atoms with Gasteiger partial charge in [0.2, 0.25) is 5.88 Å². The van der Waals surface area contributed by atoms with E-state index in [4.69, 9.17) is 5.73 Å². The second-order valence-electron chi connectivity index (χ2n) is 5.09. The third-order valence-electron chi connectivity index (χ3n) is 3.72. The predicted molar refractivity (Wildman–Crippen MR) is 81.5 cm³/mol. The number of rotatable bonds is 5. The molecule has 0 unspecified atom stereocenters. The van der Waals surface area contributed by atoms with E-state index in [0.717, 1.165) is 17.5 Å². The smallest absolute Gasteiger partial charge is 0.328 e. The van der Waals surface area contributed by atoms with Crippen LogP contribution in [0.2, 0.25) is 0 Å². The maximum Gasteiger partial charge on any atom is 0.328 e. The SMILES string of the molecule is NCCc1c[nH]c2ccc(CCn3c(O)c[nH]c3=O)cc12. The van der Waals surface area contributed by atoms with Crippen LogP contribution in [0.25, 0.3) is 10.9 Å². The lowest BCUT2D eigenvalue weighted by Gasteiger charge is -2.05. The summed E-state index contributed by atoms with van der Waals surface area (Å²) in [5.74, 6) is -0.0356. The normalized spacial score (nSPS) is 11.3. The third kappa shape index (κ3) is 2.57. The first-order valence-electron chi connectivity index (χ1n) is 6.95. The Morgan fingerprint density at radius 3 is 2.76 bits per heavy atom. The predicted octanol–water partition coefficient (Wildman–Crippen LogP) is 1.11. The summed E-state index contributed by atoms with van der Waals surface area (Å²) in [5, 5.41) is 10.7. The molecule has 0 aliphatic heterocycles. The van der Waals surface area contributed by atoms with Crippen LogP contribution in [0.5, 0.6) is 5.88 Å². The first-order valence-corrected chi connectivity index (χ1v) is 6.95. The monoisotopic (exact) mass is 286 g/mol. The molecule has 21 heavy (non-hydrogen) atoms.